The van der Waals surface area contributed by atoms with Gasteiger partial charge in [-0.25, -0.2) is 9.69 Å². The molecule has 5 amide bonds. The number of anilines is 2. The fourth-order valence-electron chi connectivity index (χ4n) is 3.66. The van der Waals surface area contributed by atoms with Gasteiger partial charge in [-0.15, -0.1) is 0 Å². The number of rotatable bonds is 7. The van der Waals surface area contributed by atoms with Gasteiger partial charge in [0.05, 0.1) is 17.3 Å². The van der Waals surface area contributed by atoms with Crippen molar-refractivity contribution in [3.63, 3.8) is 0 Å². The van der Waals surface area contributed by atoms with Crippen LogP contribution >= 0.6 is 15.9 Å². The normalized spacial score (nSPS) is 14.3. The highest BCUT2D eigenvalue weighted by Crippen LogP contribution is 2.37. The number of nitrogens with one attached hydrogen (secondary N) is 2. The zero-order valence-corrected chi connectivity index (χ0v) is 21.9. The smallest absolute Gasteiger partial charge is 0.335 e. The number of amides is 5. The molecule has 0 unspecified atom stereocenters. The SMILES string of the molecule is COc1cc(/C=C2/C(=O)NC(=O)N(c3ccc(O)cc3)C2=O)cc(Br)c1OCC(=O)Nc1ccccc1C. The molecule has 1 heterocycles. The van der Waals surface area contributed by atoms with Gasteiger partial charge in [-0.05, 0) is 82.5 Å². The van der Waals surface area contributed by atoms with Gasteiger partial charge in [0.1, 0.15) is 11.3 Å². The second-order valence-electron chi connectivity index (χ2n) is 8.16. The quantitative estimate of drug-likeness (QED) is 0.282. The summed E-state index contributed by atoms with van der Waals surface area (Å²) >= 11 is 3.39. The molecule has 1 fully saturated rings. The number of carbonyl (C=O) groups is 4. The van der Waals surface area contributed by atoms with Crippen LogP contribution in [0.3, 0.4) is 0 Å². The molecule has 1 aliphatic heterocycles. The molecule has 3 aromatic carbocycles. The Hall–Kier alpha value is -4.64. The zero-order chi connectivity index (χ0) is 27.4. The Balaban J connectivity index is 1.56. The van der Waals surface area contributed by atoms with E-state index in [1.807, 2.05) is 25.1 Å². The van der Waals surface area contributed by atoms with Gasteiger partial charge >= 0.3 is 6.03 Å². The van der Waals surface area contributed by atoms with Crippen molar-refractivity contribution in [2.24, 2.45) is 0 Å². The van der Waals surface area contributed by atoms with E-state index in [0.29, 0.717) is 15.7 Å². The molecule has 0 atom stereocenters. The monoisotopic (exact) mass is 579 g/mol. The number of imide groups is 2. The van der Waals surface area contributed by atoms with Crippen molar-refractivity contribution in [1.82, 2.24) is 5.32 Å². The molecule has 3 aromatic rings. The van der Waals surface area contributed by atoms with Crippen molar-refractivity contribution in [2.75, 3.05) is 23.9 Å². The number of benzene rings is 3. The Morgan fingerprint density at radius 1 is 1.11 bits per heavy atom. The lowest BCUT2D eigenvalue weighted by atomic mass is 10.1. The van der Waals surface area contributed by atoms with E-state index in [4.69, 9.17) is 9.47 Å². The van der Waals surface area contributed by atoms with Crippen molar-refractivity contribution in [2.45, 2.75) is 6.92 Å². The van der Waals surface area contributed by atoms with E-state index in [2.05, 4.69) is 26.6 Å². The molecule has 0 radical (unpaired) electrons. The second-order valence-corrected chi connectivity index (χ2v) is 9.01. The highest BCUT2D eigenvalue weighted by Gasteiger charge is 2.36. The Morgan fingerprint density at radius 2 is 1.82 bits per heavy atom. The summed E-state index contributed by atoms with van der Waals surface area (Å²) < 4.78 is 11.5. The molecule has 194 valence electrons. The number of aromatic hydroxyl groups is 1. The number of urea groups is 1. The largest absolute Gasteiger partial charge is 0.508 e. The molecule has 1 saturated heterocycles. The number of halogens is 1. The van der Waals surface area contributed by atoms with Crippen molar-refractivity contribution < 1.29 is 33.8 Å². The topological polar surface area (TPSA) is 134 Å². The van der Waals surface area contributed by atoms with Crippen molar-refractivity contribution >= 4 is 57.1 Å². The van der Waals surface area contributed by atoms with Gasteiger partial charge < -0.3 is 19.9 Å². The number of phenolic OH excluding ortho intramolecular Hbond substituents is 1. The Bertz CT molecular complexity index is 1470. The number of carbonyl (C=O) groups excluding carboxylic acids is 4. The third-order valence-corrected chi connectivity index (χ3v) is 6.13. The van der Waals surface area contributed by atoms with E-state index in [-0.39, 0.29) is 41.0 Å². The van der Waals surface area contributed by atoms with Gasteiger partial charge in [-0.1, -0.05) is 18.2 Å². The van der Waals surface area contributed by atoms with Crippen LogP contribution in [0.4, 0.5) is 16.2 Å². The predicted octanol–water partition coefficient (Wildman–Crippen LogP) is 4.16. The van der Waals surface area contributed by atoms with Crippen LogP contribution in [0, 0.1) is 6.92 Å². The Labute approximate surface area is 226 Å². The van der Waals surface area contributed by atoms with Gasteiger partial charge in [0.25, 0.3) is 17.7 Å². The molecule has 4 rings (SSSR count). The number of ether oxygens (including phenoxy) is 2. The molecular weight excluding hydrogens is 558 g/mol. The maximum absolute atomic E-state index is 13.1. The number of nitrogens with zero attached hydrogens (tertiary/aromatic N) is 1. The molecule has 11 heteroatoms. The van der Waals surface area contributed by atoms with Crippen molar-refractivity contribution in [1.29, 1.82) is 0 Å². The van der Waals surface area contributed by atoms with Crippen LogP contribution in [0.1, 0.15) is 11.1 Å². The van der Waals surface area contributed by atoms with Crippen molar-refractivity contribution in [3.05, 3.63) is 81.8 Å². The van der Waals surface area contributed by atoms with E-state index in [1.165, 1.54) is 43.5 Å². The fraction of sp³-hybridized carbons (Fsp3) is 0.111. The lowest BCUT2D eigenvalue weighted by Gasteiger charge is -2.26. The average Bonchev–Trinajstić information content (AvgIpc) is 2.88. The van der Waals surface area contributed by atoms with E-state index in [1.54, 1.807) is 12.1 Å². The van der Waals surface area contributed by atoms with E-state index in [9.17, 15) is 24.3 Å². The minimum Gasteiger partial charge on any atom is -0.508 e. The van der Waals surface area contributed by atoms with Crippen LogP contribution in [-0.4, -0.2) is 42.6 Å². The molecular formula is C27H22BrN3O7. The summed E-state index contributed by atoms with van der Waals surface area (Å²) in [6, 6.07) is 14.9. The minimum atomic E-state index is -0.908. The van der Waals surface area contributed by atoms with E-state index >= 15 is 0 Å². The highest BCUT2D eigenvalue weighted by molar-refractivity contribution is 9.10. The predicted molar refractivity (Wildman–Crippen MR) is 143 cm³/mol. The van der Waals surface area contributed by atoms with E-state index in [0.717, 1.165) is 10.5 Å². The summed E-state index contributed by atoms with van der Waals surface area (Å²) in [5, 5.41) is 14.4. The standard InChI is InChI=1S/C27H22BrN3O7/c1-15-5-3-4-6-21(15)29-23(33)14-38-24-20(28)12-16(13-22(24)37-2)11-19-25(34)30-27(36)31(26(19)35)17-7-9-18(32)10-8-17/h3-13,32H,14H2,1-2H3,(H,29,33)(H,30,34,36)/b19-11-. The van der Waals surface area contributed by atoms with Crippen LogP contribution < -0.4 is 25.0 Å². The zero-order valence-electron chi connectivity index (χ0n) is 20.3. The van der Waals surface area contributed by atoms with Crippen molar-refractivity contribution in [3.8, 4) is 17.2 Å². The Morgan fingerprint density at radius 3 is 2.50 bits per heavy atom. The third kappa shape index (κ3) is 5.68. The average molecular weight is 580 g/mol. The first kappa shape index (κ1) is 26.4. The van der Waals surface area contributed by atoms with Crippen LogP contribution in [-0.2, 0) is 14.4 Å². The number of phenols is 1. The maximum atomic E-state index is 13.1. The maximum Gasteiger partial charge on any atom is 0.335 e. The number of aryl methyl sites for hydroxylation is 1. The van der Waals surface area contributed by atoms with Crippen LogP contribution in [0.5, 0.6) is 17.2 Å². The Kier molecular flexibility index (Phi) is 7.77. The number of hydrogen-bond donors (Lipinski definition) is 3. The molecule has 0 aliphatic carbocycles. The molecule has 3 N–H and O–H groups in total. The first-order chi connectivity index (χ1) is 18.2. The number of methoxy groups -OCH3 is 1. The molecule has 0 saturated carbocycles. The minimum absolute atomic E-state index is 0.0441. The third-order valence-electron chi connectivity index (χ3n) is 5.54. The van der Waals surface area contributed by atoms with Gasteiger partial charge in [0.15, 0.2) is 18.1 Å². The number of barbiturate groups is 1. The van der Waals surface area contributed by atoms with Gasteiger partial charge in [0, 0.05) is 5.69 Å². The number of hydrogen-bond acceptors (Lipinski definition) is 7. The van der Waals surface area contributed by atoms with Gasteiger partial charge in [0.2, 0.25) is 0 Å². The summed E-state index contributed by atoms with van der Waals surface area (Å²) in [5.74, 6) is -1.63. The molecule has 10 nitrogen and oxygen atoms in total. The number of para-hydroxylation sites is 1. The molecule has 1 aliphatic rings. The lowest BCUT2D eigenvalue weighted by Crippen LogP contribution is -2.54. The summed E-state index contributed by atoms with van der Waals surface area (Å²) in [4.78, 5) is 51.2. The molecule has 38 heavy (non-hydrogen) atoms. The molecule has 0 spiro atoms. The summed E-state index contributed by atoms with van der Waals surface area (Å²) in [7, 11) is 1.41. The fourth-order valence-corrected chi connectivity index (χ4v) is 4.23. The summed E-state index contributed by atoms with van der Waals surface area (Å²) in [6.45, 7) is 1.58. The molecule has 0 aromatic heterocycles. The van der Waals surface area contributed by atoms with E-state index < -0.39 is 17.8 Å². The van der Waals surface area contributed by atoms with Crippen LogP contribution in [0.2, 0.25) is 0 Å². The van der Waals surface area contributed by atoms with Crippen LogP contribution in [0.25, 0.3) is 6.08 Å². The van der Waals surface area contributed by atoms with Crippen LogP contribution in [0.15, 0.2) is 70.7 Å². The summed E-state index contributed by atoms with van der Waals surface area (Å²) in [5.41, 5.74) is 1.85. The lowest BCUT2D eigenvalue weighted by molar-refractivity contribution is -0.122. The highest BCUT2D eigenvalue weighted by atomic mass is 79.9. The second kappa shape index (κ2) is 11.2. The first-order valence-electron chi connectivity index (χ1n) is 11.2. The van der Waals surface area contributed by atoms with Gasteiger partial charge in [-0.2, -0.15) is 0 Å². The van der Waals surface area contributed by atoms with Gasteiger partial charge in [-0.3, -0.25) is 19.7 Å². The first-order valence-corrected chi connectivity index (χ1v) is 12.0. The summed E-state index contributed by atoms with van der Waals surface area (Å²) in [6.07, 6.45) is 1.31. The molecule has 0 bridgehead atoms.